The van der Waals surface area contributed by atoms with Crippen molar-refractivity contribution in [3.05, 3.63) is 71.5 Å². The summed E-state index contributed by atoms with van der Waals surface area (Å²) in [7, 11) is 6.88. The second-order valence-electron chi connectivity index (χ2n) is 14.7. The minimum Gasteiger partial charge on any atom is -0.493 e. The van der Waals surface area contributed by atoms with Crippen LogP contribution >= 0.6 is 0 Å². The van der Waals surface area contributed by atoms with E-state index in [9.17, 15) is 20.1 Å². The van der Waals surface area contributed by atoms with Crippen molar-refractivity contribution in [2.24, 2.45) is 0 Å². The van der Waals surface area contributed by atoms with Gasteiger partial charge in [0.1, 0.15) is 43.9 Å². The second kappa shape index (κ2) is 33.7. The lowest BCUT2D eigenvalue weighted by Gasteiger charge is -2.24. The Kier molecular flexibility index (Phi) is 29.8. The second-order valence-corrected chi connectivity index (χ2v) is 20.9. The van der Waals surface area contributed by atoms with E-state index in [1.165, 1.54) is 26.4 Å². The number of allylic oxidation sites excluding steroid dienone is 3. The van der Waals surface area contributed by atoms with Gasteiger partial charge in [0.15, 0.2) is 28.8 Å². The Morgan fingerprint density at radius 1 is 0.545 bits per heavy atom. The van der Waals surface area contributed by atoms with Crippen molar-refractivity contribution >= 4 is 35.5 Å². The number of methoxy groups -OCH3 is 2. The van der Waals surface area contributed by atoms with Crippen LogP contribution in [0.1, 0.15) is 43.7 Å². The molecule has 0 aromatic heterocycles. The Morgan fingerprint density at radius 2 is 0.955 bits per heavy atom. The van der Waals surface area contributed by atoms with Crippen LogP contribution in [0.15, 0.2) is 60.4 Å². The molecule has 0 bridgehead atoms. The normalized spacial score (nSPS) is 13.8. The third kappa shape index (κ3) is 22.4. The Balaban J connectivity index is 2.13. The number of hydrogen-bond acceptors (Lipinski definition) is 18. The Morgan fingerprint density at radius 3 is 1.36 bits per heavy atom. The average Bonchev–Trinajstić information content (AvgIpc) is 3.34. The molecule has 18 nitrogen and oxygen atoms in total. The maximum Gasteiger partial charge on any atom is 0.500 e. The van der Waals surface area contributed by atoms with Crippen LogP contribution in [-0.4, -0.2) is 173 Å². The number of aliphatic hydroxyl groups is 3. The monoisotopic (exact) mass is 970 g/mol. The summed E-state index contributed by atoms with van der Waals surface area (Å²) in [5, 5.41) is 31.4. The smallest absolute Gasteiger partial charge is 0.493 e. The summed E-state index contributed by atoms with van der Waals surface area (Å²) < 4.78 is 78.0. The molecule has 66 heavy (non-hydrogen) atoms. The topological polar surface area (TPSA) is 207 Å². The van der Waals surface area contributed by atoms with Crippen LogP contribution in [0.3, 0.4) is 0 Å². The van der Waals surface area contributed by atoms with Crippen LogP contribution in [0.2, 0.25) is 12.1 Å². The summed E-state index contributed by atoms with van der Waals surface area (Å²) in [5.41, 5.74) is 1.34. The predicted octanol–water partition coefficient (Wildman–Crippen LogP) is 5.13. The third-order valence-electron chi connectivity index (χ3n) is 9.83. The number of carbonyl (C=O) groups excluding carboxylic acids is 1. The van der Waals surface area contributed by atoms with Gasteiger partial charge >= 0.3 is 17.6 Å². The molecule has 0 aliphatic rings. The number of aliphatic hydroxyl groups excluding tert-OH is 3. The van der Waals surface area contributed by atoms with Crippen LogP contribution in [-0.2, 0) is 50.3 Å². The standard InChI is InChI=1S/C46H74O18Si2/c1-10-11-22-59-31-40(49)34-63-44-21-17-37(28-46(44)52-3)15-19-42(62-33-39(48)30-60-23-12-25-65(53-4,54-5)55-6)29-38(47)18-14-36-16-20-43(45(27-36)51-2)64-35-41(50)32-61-24-13-26-66(56-7,57-8)58-9/h14-21,27-29,39-41,48-50H,10-13,22-26,30-35H2,1-9H3/b18-14+,19-15+,42-29-. The molecule has 2 rings (SSSR count). The van der Waals surface area contributed by atoms with Gasteiger partial charge in [-0.25, -0.2) is 0 Å². The van der Waals surface area contributed by atoms with Crippen molar-refractivity contribution in [1.29, 1.82) is 0 Å². The summed E-state index contributed by atoms with van der Waals surface area (Å²) in [6.45, 7) is 3.38. The van der Waals surface area contributed by atoms with E-state index < -0.39 is 41.7 Å². The summed E-state index contributed by atoms with van der Waals surface area (Å²) in [4.78, 5) is 13.3. The number of unbranched alkanes of at least 4 members (excludes halogenated alkanes) is 1. The highest BCUT2D eigenvalue weighted by Crippen LogP contribution is 2.30. The highest BCUT2D eigenvalue weighted by atomic mass is 28.4. The zero-order valence-electron chi connectivity index (χ0n) is 40.2. The van der Waals surface area contributed by atoms with Gasteiger partial charge in [0, 0.05) is 80.6 Å². The van der Waals surface area contributed by atoms with E-state index in [2.05, 4.69) is 6.92 Å². The first-order valence-electron chi connectivity index (χ1n) is 21.8. The number of rotatable bonds is 39. The minimum atomic E-state index is -2.74. The summed E-state index contributed by atoms with van der Waals surface area (Å²) in [6, 6.07) is 11.5. The Bertz CT molecular complexity index is 1700. The maximum atomic E-state index is 13.3. The molecule has 3 unspecified atom stereocenters. The fourth-order valence-electron chi connectivity index (χ4n) is 6.00. The molecule has 0 radical (unpaired) electrons. The molecule has 20 heteroatoms. The zero-order valence-corrected chi connectivity index (χ0v) is 42.2. The number of hydrogen-bond donors (Lipinski definition) is 3. The summed E-state index contributed by atoms with van der Waals surface area (Å²) in [6.07, 6.45) is 8.03. The van der Waals surface area contributed by atoms with Gasteiger partial charge in [-0.15, -0.1) is 0 Å². The van der Waals surface area contributed by atoms with E-state index in [1.54, 1.807) is 97.3 Å². The van der Waals surface area contributed by atoms with Gasteiger partial charge in [-0.2, -0.15) is 0 Å². The lowest BCUT2D eigenvalue weighted by atomic mass is 10.1. The molecule has 0 amide bonds. The molecule has 3 atom stereocenters. The first-order chi connectivity index (χ1) is 31.9. The van der Waals surface area contributed by atoms with E-state index in [1.807, 2.05) is 0 Å². The van der Waals surface area contributed by atoms with Crippen molar-refractivity contribution in [3.8, 4) is 23.0 Å². The first kappa shape index (κ1) is 58.4. The van der Waals surface area contributed by atoms with Crippen LogP contribution < -0.4 is 18.9 Å². The average molecular weight is 971 g/mol. The SMILES string of the molecule is CCCCOCC(O)COc1ccc(/C=C/C(=C/C(=O)/C=C/c2ccc(OCC(O)COCCC[Si](OC)(OC)OC)c(OC)c2)OCC(O)COCCC[Si](OC)(OC)OC)cc1OC. The number of benzene rings is 2. The lowest BCUT2D eigenvalue weighted by molar-refractivity contribution is -0.110. The molecular weight excluding hydrogens is 897 g/mol. The largest absolute Gasteiger partial charge is 0.500 e. The number of carbonyl (C=O) groups is 1. The molecule has 0 spiro atoms. The van der Waals surface area contributed by atoms with Crippen molar-refractivity contribution in [2.45, 2.75) is 63.0 Å². The number of ether oxygens (including phenoxy) is 8. The van der Waals surface area contributed by atoms with Gasteiger partial charge in [-0.05, 0) is 66.8 Å². The minimum absolute atomic E-state index is 0.0134. The highest BCUT2D eigenvalue weighted by Gasteiger charge is 2.37. The molecule has 3 N–H and O–H groups in total. The van der Waals surface area contributed by atoms with Gasteiger partial charge in [0.25, 0.3) is 0 Å². The zero-order chi connectivity index (χ0) is 48.6. The molecule has 0 saturated heterocycles. The lowest BCUT2D eigenvalue weighted by Crippen LogP contribution is -2.42. The molecule has 2 aromatic rings. The first-order valence-corrected chi connectivity index (χ1v) is 25.7. The number of ketones is 1. The van der Waals surface area contributed by atoms with Crippen LogP contribution in [0.25, 0.3) is 12.2 Å². The molecule has 0 saturated carbocycles. The summed E-state index contributed by atoms with van der Waals surface area (Å²) >= 11 is 0. The van der Waals surface area contributed by atoms with E-state index >= 15 is 0 Å². The van der Waals surface area contributed by atoms with Crippen molar-refractivity contribution in [2.75, 3.05) is 116 Å². The summed E-state index contributed by atoms with van der Waals surface area (Å²) in [5.74, 6) is 1.43. The van der Waals surface area contributed by atoms with Crippen LogP contribution in [0, 0.1) is 0 Å². The highest BCUT2D eigenvalue weighted by molar-refractivity contribution is 6.60. The maximum absolute atomic E-state index is 13.3. The van der Waals surface area contributed by atoms with Crippen molar-refractivity contribution in [3.63, 3.8) is 0 Å². The molecule has 0 fully saturated rings. The van der Waals surface area contributed by atoms with E-state index in [-0.39, 0.29) is 45.4 Å². The molecule has 374 valence electrons. The molecular formula is C46H74O18Si2. The third-order valence-corrected chi connectivity index (χ3v) is 15.5. The molecule has 0 aliphatic heterocycles. The molecule has 0 aliphatic carbocycles. The molecule has 2 aromatic carbocycles. The molecule has 0 heterocycles. The Hall–Kier alpha value is -3.72. The van der Waals surface area contributed by atoms with E-state index in [0.29, 0.717) is 78.9 Å². The van der Waals surface area contributed by atoms with Crippen molar-refractivity contribution < 1.29 is 84.6 Å². The van der Waals surface area contributed by atoms with Crippen LogP contribution in [0.5, 0.6) is 23.0 Å². The Labute approximate surface area is 392 Å². The van der Waals surface area contributed by atoms with Gasteiger partial charge in [-0.1, -0.05) is 37.6 Å². The van der Waals surface area contributed by atoms with Gasteiger partial charge in [0.05, 0.1) is 34.0 Å². The van der Waals surface area contributed by atoms with Gasteiger partial charge in [0.2, 0.25) is 0 Å². The van der Waals surface area contributed by atoms with E-state index in [4.69, 9.17) is 64.5 Å². The quantitative estimate of drug-likeness (QED) is 0.0261. The van der Waals surface area contributed by atoms with Crippen LogP contribution in [0.4, 0.5) is 0 Å². The van der Waals surface area contributed by atoms with Crippen molar-refractivity contribution in [1.82, 2.24) is 0 Å². The van der Waals surface area contributed by atoms with Gasteiger partial charge < -0.3 is 79.8 Å². The fourth-order valence-corrected chi connectivity index (χ4v) is 9.38. The van der Waals surface area contributed by atoms with Gasteiger partial charge in [-0.3, -0.25) is 4.79 Å². The van der Waals surface area contributed by atoms with E-state index in [0.717, 1.165) is 12.8 Å². The fraction of sp³-hybridized carbons (Fsp3) is 0.587. The predicted molar refractivity (Wildman–Crippen MR) is 252 cm³/mol.